The van der Waals surface area contributed by atoms with Crippen molar-refractivity contribution in [2.45, 2.75) is 6.42 Å². The predicted molar refractivity (Wildman–Crippen MR) is 61.6 cm³/mol. The summed E-state index contributed by atoms with van der Waals surface area (Å²) in [6.07, 6.45) is 0.879. The molecule has 2 rings (SSSR count). The number of ether oxygens (including phenoxy) is 1. The van der Waals surface area contributed by atoms with Crippen molar-refractivity contribution >= 4 is 31.9 Å². The summed E-state index contributed by atoms with van der Waals surface area (Å²) >= 11 is 6.89. The molecule has 1 aliphatic rings. The molecular weight excluding hydrogens is 312 g/mol. The predicted octanol–water partition coefficient (Wildman–Crippen LogP) is 2.76. The third-order valence-corrected chi connectivity index (χ3v) is 3.36. The fraction of sp³-hybridized carbons (Fsp3) is 0.400. The first-order valence-corrected chi connectivity index (χ1v) is 6.01. The van der Waals surface area contributed by atoms with E-state index in [1.807, 2.05) is 12.1 Å². The minimum Gasteiger partial charge on any atom is -0.492 e. The number of fused-ring (bicyclic) bond motifs is 1. The Hall–Kier alpha value is -0.0600. The van der Waals surface area contributed by atoms with Gasteiger partial charge in [0.15, 0.2) is 0 Å². The number of hydrogen-bond acceptors (Lipinski definition) is 2. The number of hydrogen-bond donors (Lipinski definition) is 1. The van der Waals surface area contributed by atoms with Crippen LogP contribution >= 0.6 is 31.9 Å². The van der Waals surface area contributed by atoms with Gasteiger partial charge in [0.25, 0.3) is 0 Å². The maximum absolute atomic E-state index is 9.05. The van der Waals surface area contributed by atoms with Crippen LogP contribution in [0, 0.1) is 5.92 Å². The van der Waals surface area contributed by atoms with Gasteiger partial charge in [0.2, 0.25) is 0 Å². The Balaban J connectivity index is 2.37. The van der Waals surface area contributed by atoms with E-state index < -0.39 is 0 Å². The molecular formula is C10H10Br2O2. The second-order valence-corrected chi connectivity index (χ2v) is 5.21. The van der Waals surface area contributed by atoms with Crippen LogP contribution in [0.2, 0.25) is 0 Å². The molecule has 1 atom stereocenters. The molecule has 1 aliphatic heterocycles. The van der Waals surface area contributed by atoms with Gasteiger partial charge in [-0.15, -0.1) is 0 Å². The first-order valence-electron chi connectivity index (χ1n) is 4.42. The first kappa shape index (κ1) is 10.5. The van der Waals surface area contributed by atoms with E-state index in [9.17, 15) is 0 Å². The Kier molecular flexibility index (Phi) is 3.14. The summed E-state index contributed by atoms with van der Waals surface area (Å²) in [5.74, 6) is 1.14. The SMILES string of the molecule is OCC1COc2c(Br)cc(Br)cc2C1. The summed E-state index contributed by atoms with van der Waals surface area (Å²) in [5.41, 5.74) is 1.15. The van der Waals surface area contributed by atoms with E-state index in [2.05, 4.69) is 31.9 Å². The minimum absolute atomic E-state index is 0.184. The quantitative estimate of drug-likeness (QED) is 0.862. The number of aliphatic hydroxyl groups excluding tert-OH is 1. The van der Waals surface area contributed by atoms with Crippen molar-refractivity contribution in [3.8, 4) is 5.75 Å². The summed E-state index contributed by atoms with van der Waals surface area (Å²) in [7, 11) is 0. The molecule has 14 heavy (non-hydrogen) atoms. The zero-order valence-electron chi connectivity index (χ0n) is 7.46. The molecule has 1 aromatic rings. The smallest absolute Gasteiger partial charge is 0.136 e. The fourth-order valence-corrected chi connectivity index (χ4v) is 3.04. The van der Waals surface area contributed by atoms with Crippen molar-refractivity contribution < 1.29 is 9.84 Å². The molecule has 4 heteroatoms. The molecule has 0 spiro atoms. The van der Waals surface area contributed by atoms with Crippen LogP contribution in [0.1, 0.15) is 5.56 Å². The molecule has 0 aromatic heterocycles. The second kappa shape index (κ2) is 4.21. The van der Waals surface area contributed by atoms with Crippen LogP contribution in [-0.4, -0.2) is 18.3 Å². The third kappa shape index (κ3) is 1.97. The molecule has 1 unspecified atom stereocenters. The lowest BCUT2D eigenvalue weighted by Crippen LogP contribution is -2.23. The monoisotopic (exact) mass is 320 g/mol. The van der Waals surface area contributed by atoms with Crippen LogP contribution in [0.3, 0.4) is 0 Å². The lowest BCUT2D eigenvalue weighted by Gasteiger charge is -2.24. The van der Waals surface area contributed by atoms with Crippen molar-refractivity contribution in [1.82, 2.24) is 0 Å². The maximum Gasteiger partial charge on any atom is 0.136 e. The fourth-order valence-electron chi connectivity index (χ4n) is 1.62. The zero-order valence-corrected chi connectivity index (χ0v) is 10.6. The van der Waals surface area contributed by atoms with Gasteiger partial charge in [0, 0.05) is 17.0 Å². The van der Waals surface area contributed by atoms with Crippen molar-refractivity contribution in [2.24, 2.45) is 5.92 Å². The van der Waals surface area contributed by atoms with Gasteiger partial charge in [0.05, 0.1) is 11.1 Å². The van der Waals surface area contributed by atoms with E-state index >= 15 is 0 Å². The van der Waals surface area contributed by atoms with Crippen LogP contribution in [0.15, 0.2) is 21.1 Å². The standard InChI is InChI=1S/C10H10Br2O2/c11-8-2-7-1-6(4-13)5-14-10(7)9(12)3-8/h2-3,6,13H,1,4-5H2. The molecule has 1 aromatic carbocycles. The van der Waals surface area contributed by atoms with Gasteiger partial charge in [-0.05, 0) is 40.0 Å². The van der Waals surface area contributed by atoms with Crippen LogP contribution in [0.25, 0.3) is 0 Å². The average Bonchev–Trinajstić information content (AvgIpc) is 2.16. The van der Waals surface area contributed by atoms with E-state index in [4.69, 9.17) is 9.84 Å². The Labute approximate surface area is 99.5 Å². The van der Waals surface area contributed by atoms with E-state index in [1.165, 1.54) is 0 Å². The zero-order chi connectivity index (χ0) is 10.1. The summed E-state index contributed by atoms with van der Waals surface area (Å²) in [5, 5.41) is 9.05. The van der Waals surface area contributed by atoms with Crippen molar-refractivity contribution in [3.63, 3.8) is 0 Å². The van der Waals surface area contributed by atoms with Gasteiger partial charge in [-0.25, -0.2) is 0 Å². The van der Waals surface area contributed by atoms with Gasteiger partial charge in [0.1, 0.15) is 5.75 Å². The first-order chi connectivity index (χ1) is 6.70. The van der Waals surface area contributed by atoms with Crippen LogP contribution < -0.4 is 4.74 Å². The molecule has 1 heterocycles. The van der Waals surface area contributed by atoms with Crippen molar-refractivity contribution in [3.05, 3.63) is 26.6 Å². The van der Waals surface area contributed by atoms with Crippen molar-refractivity contribution in [1.29, 1.82) is 0 Å². The number of halogens is 2. The van der Waals surface area contributed by atoms with Crippen LogP contribution in [-0.2, 0) is 6.42 Å². The molecule has 2 nitrogen and oxygen atoms in total. The normalized spacial score (nSPS) is 20.1. The Morgan fingerprint density at radius 3 is 2.93 bits per heavy atom. The van der Waals surface area contributed by atoms with Gasteiger partial charge < -0.3 is 9.84 Å². The molecule has 0 radical (unpaired) electrons. The lowest BCUT2D eigenvalue weighted by molar-refractivity contribution is 0.146. The topological polar surface area (TPSA) is 29.5 Å². The Bertz CT molecular complexity index is 352. The van der Waals surface area contributed by atoms with E-state index in [1.54, 1.807) is 0 Å². The van der Waals surface area contributed by atoms with E-state index in [0.29, 0.717) is 6.61 Å². The van der Waals surface area contributed by atoms with E-state index in [0.717, 1.165) is 26.7 Å². The van der Waals surface area contributed by atoms with Gasteiger partial charge in [-0.2, -0.15) is 0 Å². The highest BCUT2D eigenvalue weighted by molar-refractivity contribution is 9.11. The largest absolute Gasteiger partial charge is 0.492 e. The van der Waals surface area contributed by atoms with Gasteiger partial charge >= 0.3 is 0 Å². The number of benzene rings is 1. The number of aliphatic hydroxyl groups is 1. The Morgan fingerprint density at radius 1 is 1.43 bits per heavy atom. The molecule has 0 amide bonds. The van der Waals surface area contributed by atoms with E-state index in [-0.39, 0.29) is 12.5 Å². The molecule has 76 valence electrons. The molecule has 0 aliphatic carbocycles. The highest BCUT2D eigenvalue weighted by Crippen LogP contribution is 2.36. The van der Waals surface area contributed by atoms with Gasteiger partial charge in [-0.1, -0.05) is 15.9 Å². The maximum atomic E-state index is 9.05. The lowest BCUT2D eigenvalue weighted by atomic mass is 9.98. The van der Waals surface area contributed by atoms with Crippen LogP contribution in [0.4, 0.5) is 0 Å². The minimum atomic E-state index is 0.184. The highest BCUT2D eigenvalue weighted by atomic mass is 79.9. The van der Waals surface area contributed by atoms with Gasteiger partial charge in [-0.3, -0.25) is 0 Å². The summed E-state index contributed by atoms with van der Waals surface area (Å²) in [6.45, 7) is 0.785. The average molecular weight is 322 g/mol. The third-order valence-electron chi connectivity index (χ3n) is 2.32. The summed E-state index contributed by atoms with van der Waals surface area (Å²) < 4.78 is 7.59. The molecule has 0 bridgehead atoms. The Morgan fingerprint density at radius 2 is 2.21 bits per heavy atom. The number of rotatable bonds is 1. The summed E-state index contributed by atoms with van der Waals surface area (Å²) in [4.78, 5) is 0. The second-order valence-electron chi connectivity index (χ2n) is 3.44. The molecule has 0 saturated carbocycles. The highest BCUT2D eigenvalue weighted by Gasteiger charge is 2.21. The van der Waals surface area contributed by atoms with Crippen molar-refractivity contribution in [2.75, 3.05) is 13.2 Å². The molecule has 0 saturated heterocycles. The molecule has 1 N–H and O–H groups in total. The van der Waals surface area contributed by atoms with Crippen LogP contribution in [0.5, 0.6) is 5.75 Å². The molecule has 0 fully saturated rings. The summed E-state index contributed by atoms with van der Waals surface area (Å²) in [6, 6.07) is 4.01.